The van der Waals surface area contributed by atoms with Gasteiger partial charge in [-0.3, -0.25) is 0 Å². The standard InChI is InChI=1S/C13H21ClN4O/c1-3-10-8-6-5-7-9-18(10)12-15-11(14)16-13(17-12)19-4-2/h10H,3-9H2,1-2H3. The fourth-order valence-electron chi connectivity index (χ4n) is 2.51. The Morgan fingerprint density at radius 3 is 2.79 bits per heavy atom. The van der Waals surface area contributed by atoms with E-state index in [0.717, 1.165) is 13.0 Å². The van der Waals surface area contributed by atoms with Gasteiger partial charge in [-0.1, -0.05) is 19.8 Å². The highest BCUT2D eigenvalue weighted by Gasteiger charge is 2.23. The van der Waals surface area contributed by atoms with Crippen molar-refractivity contribution in [2.24, 2.45) is 0 Å². The molecule has 1 fully saturated rings. The van der Waals surface area contributed by atoms with E-state index >= 15 is 0 Å². The van der Waals surface area contributed by atoms with Gasteiger partial charge < -0.3 is 9.64 Å². The maximum Gasteiger partial charge on any atom is 0.322 e. The Hall–Kier alpha value is -1.10. The summed E-state index contributed by atoms with van der Waals surface area (Å²) in [6.45, 7) is 5.61. The van der Waals surface area contributed by atoms with Gasteiger partial charge in [0.15, 0.2) is 0 Å². The lowest BCUT2D eigenvalue weighted by molar-refractivity contribution is 0.311. The van der Waals surface area contributed by atoms with Crippen LogP contribution < -0.4 is 9.64 Å². The van der Waals surface area contributed by atoms with Crippen molar-refractivity contribution in [3.05, 3.63) is 5.28 Å². The van der Waals surface area contributed by atoms with Crippen LogP contribution >= 0.6 is 11.6 Å². The second-order valence-corrected chi connectivity index (χ2v) is 5.06. The minimum atomic E-state index is 0.201. The second kappa shape index (κ2) is 6.89. The molecule has 106 valence electrons. The van der Waals surface area contributed by atoms with Gasteiger partial charge in [0.25, 0.3) is 0 Å². The molecule has 6 heteroatoms. The van der Waals surface area contributed by atoms with E-state index < -0.39 is 0 Å². The van der Waals surface area contributed by atoms with Gasteiger partial charge >= 0.3 is 6.01 Å². The highest BCUT2D eigenvalue weighted by molar-refractivity contribution is 6.28. The zero-order valence-electron chi connectivity index (χ0n) is 11.6. The van der Waals surface area contributed by atoms with Crippen LogP contribution in [-0.4, -0.2) is 34.1 Å². The second-order valence-electron chi connectivity index (χ2n) is 4.72. The number of hydrogen-bond donors (Lipinski definition) is 0. The van der Waals surface area contributed by atoms with Crippen LogP contribution in [0.5, 0.6) is 6.01 Å². The van der Waals surface area contributed by atoms with E-state index in [2.05, 4.69) is 26.8 Å². The Morgan fingerprint density at radius 2 is 2.05 bits per heavy atom. The van der Waals surface area contributed by atoms with Crippen LogP contribution in [0.2, 0.25) is 5.28 Å². The molecule has 0 aromatic carbocycles. The maximum absolute atomic E-state index is 5.97. The first-order chi connectivity index (χ1) is 9.24. The van der Waals surface area contributed by atoms with E-state index in [-0.39, 0.29) is 5.28 Å². The average molecular weight is 285 g/mol. The molecule has 0 amide bonds. The van der Waals surface area contributed by atoms with Crippen LogP contribution in [0.25, 0.3) is 0 Å². The van der Waals surface area contributed by atoms with Crippen molar-refractivity contribution in [2.75, 3.05) is 18.1 Å². The van der Waals surface area contributed by atoms with E-state index in [1.165, 1.54) is 25.7 Å². The number of rotatable bonds is 4. The Balaban J connectivity index is 2.26. The number of ether oxygens (including phenoxy) is 1. The van der Waals surface area contributed by atoms with Crippen molar-refractivity contribution in [3.8, 4) is 6.01 Å². The van der Waals surface area contributed by atoms with Crippen LogP contribution in [0.1, 0.15) is 46.0 Å². The Kier molecular flexibility index (Phi) is 5.19. The predicted octanol–water partition coefficient (Wildman–Crippen LogP) is 3.08. The molecule has 1 saturated heterocycles. The minimum Gasteiger partial charge on any atom is -0.464 e. The maximum atomic E-state index is 5.97. The zero-order valence-corrected chi connectivity index (χ0v) is 12.4. The molecule has 0 aliphatic carbocycles. The van der Waals surface area contributed by atoms with Gasteiger partial charge in [0, 0.05) is 12.6 Å². The minimum absolute atomic E-state index is 0.201. The molecule has 0 bridgehead atoms. The molecular weight excluding hydrogens is 264 g/mol. The zero-order chi connectivity index (χ0) is 13.7. The lowest BCUT2D eigenvalue weighted by atomic mass is 10.1. The van der Waals surface area contributed by atoms with Gasteiger partial charge in [-0.2, -0.15) is 15.0 Å². The van der Waals surface area contributed by atoms with E-state index in [9.17, 15) is 0 Å². The summed E-state index contributed by atoms with van der Waals surface area (Å²) in [6, 6.07) is 0.798. The largest absolute Gasteiger partial charge is 0.464 e. The summed E-state index contributed by atoms with van der Waals surface area (Å²) in [4.78, 5) is 14.9. The SMILES string of the molecule is CCOc1nc(Cl)nc(N2CCCCCC2CC)n1. The van der Waals surface area contributed by atoms with Crippen molar-refractivity contribution in [1.82, 2.24) is 15.0 Å². The van der Waals surface area contributed by atoms with Crippen molar-refractivity contribution in [2.45, 2.75) is 52.0 Å². The fraction of sp³-hybridized carbons (Fsp3) is 0.769. The van der Waals surface area contributed by atoms with Gasteiger partial charge in [0.2, 0.25) is 11.2 Å². The highest BCUT2D eigenvalue weighted by Crippen LogP contribution is 2.24. The molecule has 5 nitrogen and oxygen atoms in total. The number of anilines is 1. The van der Waals surface area contributed by atoms with Crippen LogP contribution in [0.15, 0.2) is 0 Å². The average Bonchev–Trinajstić information content (AvgIpc) is 2.63. The molecule has 1 aromatic heterocycles. The number of hydrogen-bond acceptors (Lipinski definition) is 5. The fourth-order valence-corrected chi connectivity index (χ4v) is 2.66. The summed E-state index contributed by atoms with van der Waals surface area (Å²) >= 11 is 5.97. The van der Waals surface area contributed by atoms with E-state index in [0.29, 0.717) is 24.6 Å². The van der Waals surface area contributed by atoms with E-state index in [1.54, 1.807) is 0 Å². The summed E-state index contributed by atoms with van der Waals surface area (Å²) in [5, 5.41) is 0.201. The van der Waals surface area contributed by atoms with Crippen LogP contribution in [0.3, 0.4) is 0 Å². The smallest absolute Gasteiger partial charge is 0.322 e. The molecular formula is C13H21ClN4O. The third kappa shape index (κ3) is 3.69. The molecule has 0 spiro atoms. The monoisotopic (exact) mass is 284 g/mol. The van der Waals surface area contributed by atoms with Gasteiger partial charge in [-0.05, 0) is 37.8 Å². The van der Waals surface area contributed by atoms with Crippen molar-refractivity contribution in [1.29, 1.82) is 0 Å². The summed E-state index contributed by atoms with van der Waals surface area (Å²) in [5.41, 5.74) is 0. The van der Waals surface area contributed by atoms with Gasteiger partial charge in [-0.15, -0.1) is 0 Å². The molecule has 2 heterocycles. The summed E-state index contributed by atoms with van der Waals surface area (Å²) < 4.78 is 5.34. The molecule has 0 N–H and O–H groups in total. The molecule has 1 aliphatic rings. The van der Waals surface area contributed by atoms with Crippen molar-refractivity contribution >= 4 is 17.5 Å². The molecule has 0 radical (unpaired) electrons. The number of nitrogens with zero attached hydrogens (tertiary/aromatic N) is 4. The molecule has 1 unspecified atom stereocenters. The molecule has 1 atom stereocenters. The lowest BCUT2D eigenvalue weighted by Crippen LogP contribution is -2.36. The van der Waals surface area contributed by atoms with Crippen molar-refractivity contribution < 1.29 is 4.74 Å². The number of halogens is 1. The molecule has 1 aliphatic heterocycles. The Labute approximate surface area is 119 Å². The summed E-state index contributed by atoms with van der Waals surface area (Å²) in [5.74, 6) is 0.650. The van der Waals surface area contributed by atoms with Crippen LogP contribution in [-0.2, 0) is 0 Å². The van der Waals surface area contributed by atoms with Gasteiger partial charge in [0.05, 0.1) is 6.61 Å². The first-order valence-corrected chi connectivity index (χ1v) is 7.43. The van der Waals surface area contributed by atoms with E-state index in [1.807, 2.05) is 6.92 Å². The van der Waals surface area contributed by atoms with Gasteiger partial charge in [0.1, 0.15) is 0 Å². The third-order valence-electron chi connectivity index (χ3n) is 3.45. The van der Waals surface area contributed by atoms with Crippen LogP contribution in [0.4, 0.5) is 5.95 Å². The van der Waals surface area contributed by atoms with Crippen LogP contribution in [0, 0.1) is 0 Å². The lowest BCUT2D eigenvalue weighted by Gasteiger charge is -2.29. The normalized spacial score (nSPS) is 20.2. The summed E-state index contributed by atoms with van der Waals surface area (Å²) in [7, 11) is 0. The molecule has 2 rings (SSSR count). The van der Waals surface area contributed by atoms with Gasteiger partial charge in [-0.25, -0.2) is 0 Å². The molecule has 0 saturated carbocycles. The highest BCUT2D eigenvalue weighted by atomic mass is 35.5. The third-order valence-corrected chi connectivity index (χ3v) is 3.62. The topological polar surface area (TPSA) is 51.1 Å². The Morgan fingerprint density at radius 1 is 1.21 bits per heavy atom. The Bertz CT molecular complexity index is 416. The number of aromatic nitrogens is 3. The van der Waals surface area contributed by atoms with E-state index in [4.69, 9.17) is 16.3 Å². The first-order valence-electron chi connectivity index (χ1n) is 7.05. The molecule has 19 heavy (non-hydrogen) atoms. The first kappa shape index (κ1) is 14.3. The predicted molar refractivity (Wildman–Crippen MR) is 75.9 cm³/mol. The quantitative estimate of drug-likeness (QED) is 0.850. The molecule has 1 aromatic rings. The summed E-state index contributed by atoms with van der Waals surface area (Å²) in [6.07, 6.45) is 5.98. The van der Waals surface area contributed by atoms with Crippen molar-refractivity contribution in [3.63, 3.8) is 0 Å².